The molecule has 166 valence electrons. The number of amides is 3. The van der Waals surface area contributed by atoms with E-state index in [4.69, 9.17) is 9.47 Å². The van der Waals surface area contributed by atoms with Gasteiger partial charge in [0.1, 0.15) is 5.69 Å². The van der Waals surface area contributed by atoms with Gasteiger partial charge in [-0.1, -0.05) is 19.3 Å². The lowest BCUT2D eigenvalue weighted by Gasteiger charge is -2.22. The number of alkyl carbamates (subject to hydrolysis) is 1. The quantitative estimate of drug-likeness (QED) is 0.471. The van der Waals surface area contributed by atoms with Crippen LogP contribution in [0.3, 0.4) is 0 Å². The number of pyridine rings is 1. The van der Waals surface area contributed by atoms with Crippen molar-refractivity contribution in [1.82, 2.24) is 20.9 Å². The van der Waals surface area contributed by atoms with Gasteiger partial charge in [-0.25, -0.2) is 4.79 Å². The highest BCUT2D eigenvalue weighted by molar-refractivity contribution is 5.98. The summed E-state index contributed by atoms with van der Waals surface area (Å²) in [6, 6.07) is 3.21. The molecule has 1 saturated carbocycles. The molecular formula is C21H32N4O5. The summed E-state index contributed by atoms with van der Waals surface area (Å²) in [5, 5.41) is 8.37. The van der Waals surface area contributed by atoms with Crippen LogP contribution in [0.25, 0.3) is 0 Å². The van der Waals surface area contributed by atoms with Crippen molar-refractivity contribution < 1.29 is 23.9 Å². The maximum Gasteiger partial charge on any atom is 0.407 e. The molecule has 1 aromatic heterocycles. The van der Waals surface area contributed by atoms with Crippen LogP contribution in [0.15, 0.2) is 18.3 Å². The average molecular weight is 421 g/mol. The van der Waals surface area contributed by atoms with Gasteiger partial charge in [-0.05, 0) is 37.8 Å². The van der Waals surface area contributed by atoms with E-state index in [0.29, 0.717) is 38.1 Å². The van der Waals surface area contributed by atoms with Crippen LogP contribution < -0.4 is 16.0 Å². The molecule has 1 heterocycles. The first-order valence-corrected chi connectivity index (χ1v) is 10.5. The third-order valence-corrected chi connectivity index (χ3v) is 4.83. The highest BCUT2D eigenvalue weighted by atomic mass is 16.5. The molecule has 1 aliphatic carbocycles. The van der Waals surface area contributed by atoms with Crippen molar-refractivity contribution in [2.24, 2.45) is 0 Å². The van der Waals surface area contributed by atoms with Gasteiger partial charge in [-0.3, -0.25) is 14.6 Å². The molecule has 1 aliphatic rings. The normalized spacial score (nSPS) is 14.0. The summed E-state index contributed by atoms with van der Waals surface area (Å²) >= 11 is 0. The predicted octanol–water partition coefficient (Wildman–Crippen LogP) is 2.03. The Bertz CT molecular complexity index is 692. The molecule has 0 spiro atoms. The number of ether oxygens (including phenoxy) is 2. The number of hydrogen-bond acceptors (Lipinski definition) is 6. The van der Waals surface area contributed by atoms with Crippen molar-refractivity contribution in [2.75, 3.05) is 33.4 Å². The lowest BCUT2D eigenvalue weighted by molar-refractivity contribution is 0.0943. The second-order valence-corrected chi connectivity index (χ2v) is 7.26. The largest absolute Gasteiger partial charge is 0.449 e. The van der Waals surface area contributed by atoms with Crippen LogP contribution in [0.5, 0.6) is 0 Å². The van der Waals surface area contributed by atoms with E-state index >= 15 is 0 Å². The van der Waals surface area contributed by atoms with Crippen LogP contribution >= 0.6 is 0 Å². The summed E-state index contributed by atoms with van der Waals surface area (Å²) in [4.78, 5) is 40.1. The van der Waals surface area contributed by atoms with Gasteiger partial charge in [0.15, 0.2) is 0 Å². The van der Waals surface area contributed by atoms with Crippen LogP contribution in [0.4, 0.5) is 4.79 Å². The standard InChI is InChI=1S/C21H32N4O5/c1-29-13-5-10-24-20(27)18-15-16(9-12-22-18)19(26)23-11-6-14-30-21(28)25-17-7-3-2-4-8-17/h9,12,15,17H,2-8,10-11,13-14H2,1H3,(H,23,26)(H,24,27)(H,25,28). The number of rotatable bonds is 11. The first-order chi connectivity index (χ1) is 14.6. The van der Waals surface area contributed by atoms with Crippen molar-refractivity contribution in [3.05, 3.63) is 29.6 Å². The molecular weight excluding hydrogens is 388 g/mol. The smallest absolute Gasteiger partial charge is 0.407 e. The van der Waals surface area contributed by atoms with Crippen LogP contribution in [0, 0.1) is 0 Å². The number of hydrogen-bond donors (Lipinski definition) is 3. The Kier molecular flexibility index (Phi) is 10.6. The van der Waals surface area contributed by atoms with Crippen molar-refractivity contribution in [2.45, 2.75) is 51.0 Å². The molecule has 9 nitrogen and oxygen atoms in total. The summed E-state index contributed by atoms with van der Waals surface area (Å²) in [5.41, 5.74) is 0.533. The molecule has 3 amide bonds. The van der Waals surface area contributed by atoms with Gasteiger partial charge in [0.2, 0.25) is 0 Å². The van der Waals surface area contributed by atoms with Gasteiger partial charge in [-0.15, -0.1) is 0 Å². The lowest BCUT2D eigenvalue weighted by Crippen LogP contribution is -2.37. The summed E-state index contributed by atoms with van der Waals surface area (Å²) in [6.45, 7) is 1.61. The molecule has 0 aliphatic heterocycles. The second kappa shape index (κ2) is 13.5. The fraction of sp³-hybridized carbons (Fsp3) is 0.619. The Hall–Kier alpha value is -2.68. The molecule has 0 atom stereocenters. The minimum absolute atomic E-state index is 0.183. The first-order valence-electron chi connectivity index (χ1n) is 10.5. The average Bonchev–Trinajstić information content (AvgIpc) is 2.77. The Morgan fingerprint density at radius 2 is 1.73 bits per heavy atom. The molecule has 0 bridgehead atoms. The first kappa shape index (κ1) is 23.6. The number of carbonyl (C=O) groups excluding carboxylic acids is 3. The Balaban J connectivity index is 1.64. The van der Waals surface area contributed by atoms with Gasteiger partial charge in [0.25, 0.3) is 11.8 Å². The second-order valence-electron chi connectivity index (χ2n) is 7.26. The molecule has 1 fully saturated rings. The topological polar surface area (TPSA) is 119 Å². The Morgan fingerprint density at radius 1 is 1.03 bits per heavy atom. The predicted molar refractivity (Wildman–Crippen MR) is 111 cm³/mol. The van der Waals surface area contributed by atoms with Gasteiger partial charge < -0.3 is 25.4 Å². The molecule has 2 rings (SSSR count). The number of nitrogens with one attached hydrogen (secondary N) is 3. The fourth-order valence-electron chi connectivity index (χ4n) is 3.20. The van der Waals surface area contributed by atoms with E-state index in [9.17, 15) is 14.4 Å². The zero-order valence-electron chi connectivity index (χ0n) is 17.6. The molecule has 0 unspecified atom stereocenters. The summed E-state index contributed by atoms with van der Waals surface area (Å²) < 4.78 is 10.1. The minimum Gasteiger partial charge on any atom is -0.449 e. The molecule has 0 saturated heterocycles. The Labute approximate surface area is 177 Å². The van der Waals surface area contributed by atoms with Crippen molar-refractivity contribution in [3.8, 4) is 0 Å². The van der Waals surface area contributed by atoms with Crippen LogP contribution in [-0.2, 0) is 9.47 Å². The van der Waals surface area contributed by atoms with Crippen LogP contribution in [0.1, 0.15) is 65.8 Å². The zero-order chi connectivity index (χ0) is 21.6. The fourth-order valence-corrected chi connectivity index (χ4v) is 3.20. The van der Waals surface area contributed by atoms with Gasteiger partial charge in [-0.2, -0.15) is 0 Å². The van der Waals surface area contributed by atoms with Crippen LogP contribution in [0.2, 0.25) is 0 Å². The van der Waals surface area contributed by atoms with E-state index in [1.54, 1.807) is 13.2 Å². The van der Waals surface area contributed by atoms with E-state index in [0.717, 1.165) is 25.7 Å². The number of carbonyl (C=O) groups is 3. The zero-order valence-corrected chi connectivity index (χ0v) is 17.6. The van der Waals surface area contributed by atoms with E-state index in [2.05, 4.69) is 20.9 Å². The maximum atomic E-state index is 12.3. The van der Waals surface area contributed by atoms with Gasteiger partial charge in [0.05, 0.1) is 6.61 Å². The molecule has 9 heteroatoms. The molecule has 0 aromatic carbocycles. The monoisotopic (exact) mass is 420 g/mol. The van der Waals surface area contributed by atoms with E-state index in [-0.39, 0.29) is 30.2 Å². The number of nitrogens with zero attached hydrogens (tertiary/aromatic N) is 1. The van der Waals surface area contributed by atoms with Gasteiger partial charge in [0, 0.05) is 44.6 Å². The highest BCUT2D eigenvalue weighted by Crippen LogP contribution is 2.17. The lowest BCUT2D eigenvalue weighted by atomic mass is 9.96. The molecule has 30 heavy (non-hydrogen) atoms. The van der Waals surface area contributed by atoms with E-state index < -0.39 is 6.09 Å². The summed E-state index contributed by atoms with van der Waals surface area (Å²) in [5.74, 6) is -0.643. The van der Waals surface area contributed by atoms with Crippen molar-refractivity contribution >= 4 is 17.9 Å². The molecule has 1 aromatic rings. The third-order valence-electron chi connectivity index (χ3n) is 4.83. The van der Waals surface area contributed by atoms with E-state index in [1.165, 1.54) is 18.7 Å². The Morgan fingerprint density at radius 3 is 2.47 bits per heavy atom. The van der Waals surface area contributed by atoms with Crippen LogP contribution in [-0.4, -0.2) is 62.3 Å². The van der Waals surface area contributed by atoms with Gasteiger partial charge >= 0.3 is 6.09 Å². The number of methoxy groups -OCH3 is 1. The maximum absolute atomic E-state index is 12.3. The SMILES string of the molecule is COCCCNC(=O)c1cc(C(=O)NCCCOC(=O)NC2CCCCC2)ccn1. The number of aromatic nitrogens is 1. The summed E-state index contributed by atoms with van der Waals surface area (Å²) in [7, 11) is 1.60. The molecule has 0 radical (unpaired) electrons. The summed E-state index contributed by atoms with van der Waals surface area (Å²) in [6.07, 6.45) is 7.75. The van der Waals surface area contributed by atoms with Crippen molar-refractivity contribution in [3.63, 3.8) is 0 Å². The van der Waals surface area contributed by atoms with Crippen molar-refractivity contribution in [1.29, 1.82) is 0 Å². The van der Waals surface area contributed by atoms with E-state index in [1.807, 2.05) is 0 Å². The third kappa shape index (κ3) is 8.77. The molecule has 3 N–H and O–H groups in total. The highest BCUT2D eigenvalue weighted by Gasteiger charge is 2.16. The minimum atomic E-state index is -0.400.